The maximum atomic E-state index is 13.6. The normalized spacial score (nSPS) is 11.2. The van der Waals surface area contributed by atoms with Gasteiger partial charge in [-0.3, -0.25) is 4.72 Å². The van der Waals surface area contributed by atoms with Crippen molar-refractivity contribution in [2.24, 2.45) is 0 Å². The number of rotatable bonds is 4. The van der Waals surface area contributed by atoms with Gasteiger partial charge in [0.25, 0.3) is 10.0 Å². The highest BCUT2D eigenvalue weighted by atomic mass is 32.2. The summed E-state index contributed by atoms with van der Waals surface area (Å²) in [5.74, 6) is -3.37. The number of carboxylic acids is 1. The second kappa shape index (κ2) is 5.72. The maximum absolute atomic E-state index is 13.6. The Morgan fingerprint density at radius 2 is 1.82 bits per heavy atom. The standard InChI is InChI=1S/C14H11F2NO4S/c1-8-2-3-9(14(18)19)6-12(8)17-22(20,21)13-5-4-10(15)7-11(13)16/h2-7,17H,1H3,(H,18,19). The van der Waals surface area contributed by atoms with E-state index in [1.807, 2.05) is 0 Å². The van der Waals surface area contributed by atoms with Crippen LogP contribution in [0, 0.1) is 18.6 Å². The van der Waals surface area contributed by atoms with E-state index in [2.05, 4.69) is 4.72 Å². The Morgan fingerprint density at radius 3 is 2.41 bits per heavy atom. The van der Waals surface area contributed by atoms with Crippen LogP contribution in [0.5, 0.6) is 0 Å². The second-order valence-electron chi connectivity index (χ2n) is 4.52. The first-order chi connectivity index (χ1) is 10.2. The van der Waals surface area contributed by atoms with Crippen molar-refractivity contribution >= 4 is 21.7 Å². The molecule has 0 bridgehead atoms. The lowest BCUT2D eigenvalue weighted by molar-refractivity contribution is 0.0697. The Morgan fingerprint density at radius 1 is 1.14 bits per heavy atom. The molecule has 0 unspecified atom stereocenters. The average Bonchev–Trinajstić information content (AvgIpc) is 2.40. The molecule has 0 aliphatic rings. The van der Waals surface area contributed by atoms with E-state index in [4.69, 9.17) is 5.11 Å². The summed E-state index contributed by atoms with van der Waals surface area (Å²) >= 11 is 0. The molecule has 116 valence electrons. The van der Waals surface area contributed by atoms with E-state index in [-0.39, 0.29) is 11.3 Å². The van der Waals surface area contributed by atoms with Gasteiger partial charge in [-0.05, 0) is 36.8 Å². The van der Waals surface area contributed by atoms with Gasteiger partial charge in [-0.2, -0.15) is 0 Å². The highest BCUT2D eigenvalue weighted by molar-refractivity contribution is 7.92. The average molecular weight is 327 g/mol. The summed E-state index contributed by atoms with van der Waals surface area (Å²) in [5.41, 5.74) is 0.336. The number of nitrogens with one attached hydrogen (secondary N) is 1. The van der Waals surface area contributed by atoms with Crippen molar-refractivity contribution in [3.8, 4) is 0 Å². The van der Waals surface area contributed by atoms with Crippen LogP contribution in [-0.2, 0) is 10.0 Å². The summed E-state index contributed by atoms with van der Waals surface area (Å²) in [6.07, 6.45) is 0. The molecule has 0 aliphatic heterocycles. The van der Waals surface area contributed by atoms with Gasteiger partial charge in [0.1, 0.15) is 16.5 Å². The zero-order valence-electron chi connectivity index (χ0n) is 11.3. The highest BCUT2D eigenvalue weighted by Crippen LogP contribution is 2.23. The van der Waals surface area contributed by atoms with Crippen LogP contribution >= 0.6 is 0 Å². The summed E-state index contributed by atoms with van der Waals surface area (Å²) in [4.78, 5) is 10.2. The van der Waals surface area contributed by atoms with Gasteiger partial charge in [0.05, 0.1) is 11.3 Å². The molecule has 0 saturated heterocycles. The first kappa shape index (κ1) is 15.9. The van der Waals surface area contributed by atoms with E-state index in [1.54, 1.807) is 6.92 Å². The fourth-order valence-electron chi connectivity index (χ4n) is 1.76. The Hall–Kier alpha value is -2.48. The van der Waals surface area contributed by atoms with Crippen LogP contribution in [0.3, 0.4) is 0 Å². The Labute approximate surface area is 125 Å². The van der Waals surface area contributed by atoms with Crippen molar-refractivity contribution in [3.05, 3.63) is 59.2 Å². The van der Waals surface area contributed by atoms with Crippen LogP contribution in [-0.4, -0.2) is 19.5 Å². The number of hydrogen-bond donors (Lipinski definition) is 2. The van der Waals surface area contributed by atoms with Crippen molar-refractivity contribution in [2.75, 3.05) is 4.72 Å². The first-order valence-electron chi connectivity index (χ1n) is 6.02. The summed E-state index contributed by atoms with van der Waals surface area (Å²) in [5, 5.41) is 8.91. The third kappa shape index (κ3) is 3.22. The second-order valence-corrected chi connectivity index (χ2v) is 6.17. The van der Waals surface area contributed by atoms with Gasteiger partial charge >= 0.3 is 5.97 Å². The summed E-state index contributed by atoms with van der Waals surface area (Å²) in [6, 6.07) is 5.92. The number of carboxylic acid groups (broad SMARTS) is 1. The minimum atomic E-state index is -4.31. The molecule has 2 rings (SSSR count). The number of aromatic carboxylic acids is 1. The zero-order chi connectivity index (χ0) is 16.5. The number of carbonyl (C=O) groups is 1. The van der Waals surface area contributed by atoms with Crippen molar-refractivity contribution < 1.29 is 27.1 Å². The number of sulfonamides is 1. The molecule has 8 heteroatoms. The van der Waals surface area contributed by atoms with E-state index in [9.17, 15) is 22.0 Å². The molecule has 0 aromatic heterocycles. The lowest BCUT2D eigenvalue weighted by Crippen LogP contribution is -2.16. The fourth-order valence-corrected chi connectivity index (χ4v) is 2.94. The molecule has 0 atom stereocenters. The van der Waals surface area contributed by atoms with Crippen LogP contribution in [0.15, 0.2) is 41.3 Å². The molecule has 0 saturated carbocycles. The van der Waals surface area contributed by atoms with E-state index in [1.165, 1.54) is 12.1 Å². The molecule has 0 aliphatic carbocycles. The molecule has 0 heterocycles. The van der Waals surface area contributed by atoms with Gasteiger partial charge in [0.15, 0.2) is 0 Å². The molecule has 0 fully saturated rings. The van der Waals surface area contributed by atoms with Gasteiger partial charge in [0, 0.05) is 6.07 Å². The smallest absolute Gasteiger partial charge is 0.335 e. The SMILES string of the molecule is Cc1ccc(C(=O)O)cc1NS(=O)(=O)c1ccc(F)cc1F. The van der Waals surface area contributed by atoms with Crippen LogP contribution in [0.4, 0.5) is 14.5 Å². The van der Waals surface area contributed by atoms with E-state index >= 15 is 0 Å². The molecular weight excluding hydrogens is 316 g/mol. The van der Waals surface area contributed by atoms with Crippen molar-refractivity contribution in [3.63, 3.8) is 0 Å². The molecule has 0 radical (unpaired) electrons. The quantitative estimate of drug-likeness (QED) is 0.904. The van der Waals surface area contributed by atoms with Crippen LogP contribution in [0.25, 0.3) is 0 Å². The molecule has 2 aromatic carbocycles. The van der Waals surface area contributed by atoms with Gasteiger partial charge in [-0.1, -0.05) is 6.07 Å². The van der Waals surface area contributed by atoms with Crippen molar-refractivity contribution in [1.82, 2.24) is 0 Å². The lowest BCUT2D eigenvalue weighted by atomic mass is 10.1. The Bertz CT molecular complexity index is 850. The molecule has 2 N–H and O–H groups in total. The molecule has 5 nitrogen and oxygen atoms in total. The van der Waals surface area contributed by atoms with E-state index < -0.39 is 32.5 Å². The van der Waals surface area contributed by atoms with Crippen LogP contribution < -0.4 is 4.72 Å². The maximum Gasteiger partial charge on any atom is 0.335 e. The van der Waals surface area contributed by atoms with Gasteiger partial charge < -0.3 is 5.11 Å². The van der Waals surface area contributed by atoms with Gasteiger partial charge in [-0.15, -0.1) is 0 Å². The van der Waals surface area contributed by atoms with Crippen molar-refractivity contribution in [2.45, 2.75) is 11.8 Å². The topological polar surface area (TPSA) is 83.5 Å². The number of hydrogen-bond acceptors (Lipinski definition) is 3. The van der Waals surface area contributed by atoms with Gasteiger partial charge in [-0.25, -0.2) is 22.0 Å². The Kier molecular flexibility index (Phi) is 4.14. The summed E-state index contributed by atoms with van der Waals surface area (Å²) in [6.45, 7) is 1.56. The highest BCUT2D eigenvalue weighted by Gasteiger charge is 2.21. The predicted molar refractivity (Wildman–Crippen MR) is 75.3 cm³/mol. The molecule has 22 heavy (non-hydrogen) atoms. The number of benzene rings is 2. The zero-order valence-corrected chi connectivity index (χ0v) is 12.1. The molecule has 0 amide bonds. The Balaban J connectivity index is 2.45. The third-order valence-corrected chi connectivity index (χ3v) is 4.31. The summed E-state index contributed by atoms with van der Waals surface area (Å²) < 4.78 is 52.8. The minimum Gasteiger partial charge on any atom is -0.478 e. The van der Waals surface area contributed by atoms with E-state index in [0.717, 1.165) is 18.2 Å². The number of aryl methyl sites for hydroxylation is 1. The van der Waals surface area contributed by atoms with E-state index in [0.29, 0.717) is 11.6 Å². The molecular formula is C14H11F2NO4S. The largest absolute Gasteiger partial charge is 0.478 e. The van der Waals surface area contributed by atoms with Crippen LogP contribution in [0.2, 0.25) is 0 Å². The number of anilines is 1. The molecule has 2 aromatic rings. The third-order valence-electron chi connectivity index (χ3n) is 2.91. The van der Waals surface area contributed by atoms with Crippen molar-refractivity contribution in [1.29, 1.82) is 0 Å². The predicted octanol–water partition coefficient (Wildman–Crippen LogP) is 2.77. The lowest BCUT2D eigenvalue weighted by Gasteiger charge is -2.12. The molecule has 0 spiro atoms. The fraction of sp³-hybridized carbons (Fsp3) is 0.0714. The monoisotopic (exact) mass is 327 g/mol. The first-order valence-corrected chi connectivity index (χ1v) is 7.51. The van der Waals surface area contributed by atoms with Gasteiger partial charge in [0.2, 0.25) is 0 Å². The number of halogens is 2. The minimum absolute atomic E-state index is 0.00336. The summed E-state index contributed by atoms with van der Waals surface area (Å²) in [7, 11) is -4.31. The van der Waals surface area contributed by atoms with Crippen LogP contribution in [0.1, 0.15) is 15.9 Å².